The minimum atomic E-state index is -4.46. The maximum atomic E-state index is 13.2. The van der Waals surface area contributed by atoms with Crippen LogP contribution in [0.2, 0.25) is 10.0 Å². The molecular weight excluding hydrogens is 502 g/mol. The summed E-state index contributed by atoms with van der Waals surface area (Å²) >= 11 is 18.9. The van der Waals surface area contributed by atoms with Crippen LogP contribution in [0, 0.1) is 0 Å². The number of benzene rings is 2. The molecule has 1 fully saturated rings. The van der Waals surface area contributed by atoms with Crippen molar-refractivity contribution in [3.05, 3.63) is 80.9 Å². The summed E-state index contributed by atoms with van der Waals surface area (Å²) in [6.45, 7) is 0. The number of anilines is 1. The molecule has 4 rings (SSSR count). The van der Waals surface area contributed by atoms with Crippen LogP contribution in [-0.2, 0) is 10.9 Å². The largest absolute Gasteiger partial charge is 0.457 e. The maximum absolute atomic E-state index is 13.2. The molecule has 1 aromatic heterocycles. The van der Waals surface area contributed by atoms with Gasteiger partial charge in [-0.1, -0.05) is 53.2 Å². The smallest absolute Gasteiger partial charge is 0.416 e. The summed E-state index contributed by atoms with van der Waals surface area (Å²) in [4.78, 5) is 2.22. The van der Waals surface area contributed by atoms with Crippen LogP contribution in [0.5, 0.6) is 0 Å². The SMILES string of the molecule is COC1/C(=C/c2ccc(-c3ccc(Cl)cc3Cl)o2)SC(=S)N1c1cccc(C(F)(F)F)c1. The number of thiocarbonyl (C=S) groups is 1. The molecule has 1 atom stereocenters. The van der Waals surface area contributed by atoms with Crippen molar-refractivity contribution in [1.82, 2.24) is 0 Å². The predicted molar refractivity (Wildman–Crippen MR) is 127 cm³/mol. The van der Waals surface area contributed by atoms with Gasteiger partial charge in [-0.25, -0.2) is 0 Å². The molecular formula is C22H14Cl2F3NO2S2. The van der Waals surface area contributed by atoms with Gasteiger partial charge in [0.2, 0.25) is 0 Å². The number of alkyl halides is 3. The van der Waals surface area contributed by atoms with E-state index in [9.17, 15) is 13.2 Å². The van der Waals surface area contributed by atoms with Crippen molar-refractivity contribution in [2.24, 2.45) is 0 Å². The topological polar surface area (TPSA) is 25.6 Å². The first-order valence-electron chi connectivity index (χ1n) is 9.15. The third kappa shape index (κ3) is 4.70. The summed E-state index contributed by atoms with van der Waals surface area (Å²) in [7, 11) is 1.47. The van der Waals surface area contributed by atoms with E-state index in [1.807, 2.05) is 0 Å². The highest BCUT2D eigenvalue weighted by Crippen LogP contribution is 2.42. The highest BCUT2D eigenvalue weighted by atomic mass is 35.5. The first-order valence-corrected chi connectivity index (χ1v) is 11.1. The number of hydrogen-bond acceptors (Lipinski definition) is 4. The molecule has 1 aliphatic heterocycles. The van der Waals surface area contributed by atoms with Gasteiger partial charge in [-0.05, 0) is 54.6 Å². The lowest BCUT2D eigenvalue weighted by molar-refractivity contribution is -0.137. The van der Waals surface area contributed by atoms with Gasteiger partial charge in [0, 0.05) is 28.3 Å². The molecule has 1 aliphatic rings. The normalized spacial score (nSPS) is 18.1. The number of rotatable bonds is 4. The fraction of sp³-hybridized carbons (Fsp3) is 0.136. The number of furan rings is 1. The van der Waals surface area contributed by atoms with Crippen LogP contribution < -0.4 is 4.90 Å². The Kier molecular flexibility index (Phi) is 6.61. The average Bonchev–Trinajstić information content (AvgIpc) is 3.31. The van der Waals surface area contributed by atoms with Crippen molar-refractivity contribution < 1.29 is 22.3 Å². The van der Waals surface area contributed by atoms with Gasteiger partial charge >= 0.3 is 6.18 Å². The molecule has 0 amide bonds. The number of halogens is 5. The Morgan fingerprint density at radius 2 is 1.91 bits per heavy atom. The fourth-order valence-corrected chi connectivity index (χ4v) is 5.19. The van der Waals surface area contributed by atoms with Crippen LogP contribution >= 0.6 is 47.2 Å². The molecule has 10 heteroatoms. The van der Waals surface area contributed by atoms with E-state index in [1.54, 1.807) is 47.4 Å². The first kappa shape index (κ1) is 23.2. The van der Waals surface area contributed by atoms with Crippen LogP contribution in [-0.4, -0.2) is 17.7 Å². The van der Waals surface area contributed by atoms with Crippen molar-refractivity contribution in [2.45, 2.75) is 12.4 Å². The van der Waals surface area contributed by atoms with Crippen molar-refractivity contribution in [3.63, 3.8) is 0 Å². The Bertz CT molecular complexity index is 1210. The lowest BCUT2D eigenvalue weighted by atomic mass is 10.2. The van der Waals surface area contributed by atoms with Gasteiger partial charge in [-0.2, -0.15) is 13.2 Å². The highest BCUT2D eigenvalue weighted by Gasteiger charge is 2.37. The molecule has 32 heavy (non-hydrogen) atoms. The summed E-state index contributed by atoms with van der Waals surface area (Å²) in [6, 6.07) is 13.6. The van der Waals surface area contributed by atoms with Crippen LogP contribution in [0.4, 0.5) is 18.9 Å². The number of methoxy groups -OCH3 is 1. The van der Waals surface area contributed by atoms with E-state index in [-0.39, 0.29) is 0 Å². The summed E-state index contributed by atoms with van der Waals surface area (Å²) < 4.78 is 51.3. The second-order valence-corrected chi connectivity index (χ2v) is 9.30. The van der Waals surface area contributed by atoms with E-state index >= 15 is 0 Å². The number of ether oxygens (including phenoxy) is 1. The molecule has 0 aliphatic carbocycles. The second-order valence-electron chi connectivity index (χ2n) is 6.75. The summed E-state index contributed by atoms with van der Waals surface area (Å²) in [5.41, 5.74) is 0.218. The van der Waals surface area contributed by atoms with Crippen LogP contribution in [0.25, 0.3) is 17.4 Å². The Labute approximate surface area is 201 Å². The molecule has 2 heterocycles. The summed E-state index contributed by atoms with van der Waals surface area (Å²) in [6.07, 6.45) is -3.41. The van der Waals surface area contributed by atoms with Gasteiger partial charge in [0.25, 0.3) is 0 Å². The van der Waals surface area contributed by atoms with Crippen molar-refractivity contribution in [2.75, 3.05) is 12.0 Å². The Hall–Kier alpha value is -1.97. The Balaban J connectivity index is 1.64. The molecule has 166 valence electrons. The Morgan fingerprint density at radius 3 is 2.59 bits per heavy atom. The van der Waals surface area contributed by atoms with E-state index in [0.29, 0.717) is 42.0 Å². The zero-order valence-electron chi connectivity index (χ0n) is 16.3. The lowest BCUT2D eigenvalue weighted by Crippen LogP contribution is -2.34. The Morgan fingerprint density at radius 1 is 1.12 bits per heavy atom. The molecule has 3 nitrogen and oxygen atoms in total. The number of nitrogens with zero attached hydrogens (tertiary/aromatic N) is 1. The number of thioether (sulfide) groups is 1. The molecule has 1 saturated heterocycles. The third-order valence-corrected chi connectivity index (χ3v) is 6.58. The van der Waals surface area contributed by atoms with Crippen LogP contribution in [0.15, 0.2) is 63.9 Å². The summed E-state index contributed by atoms with van der Waals surface area (Å²) in [5.74, 6) is 1.07. The molecule has 0 bridgehead atoms. The van der Waals surface area contributed by atoms with Crippen molar-refractivity contribution in [3.8, 4) is 11.3 Å². The quantitative estimate of drug-likeness (QED) is 0.326. The zero-order chi connectivity index (χ0) is 23.0. The maximum Gasteiger partial charge on any atom is 0.416 e. The highest BCUT2D eigenvalue weighted by molar-refractivity contribution is 8.26. The summed E-state index contributed by atoms with van der Waals surface area (Å²) in [5, 5.41) is 0.967. The molecule has 1 unspecified atom stereocenters. The predicted octanol–water partition coefficient (Wildman–Crippen LogP) is 8.12. The van der Waals surface area contributed by atoms with Crippen LogP contribution in [0.1, 0.15) is 11.3 Å². The molecule has 3 aromatic rings. The molecule has 0 N–H and O–H groups in total. The van der Waals surface area contributed by atoms with E-state index in [4.69, 9.17) is 44.6 Å². The van der Waals surface area contributed by atoms with Gasteiger partial charge in [0.1, 0.15) is 15.8 Å². The number of hydrogen-bond donors (Lipinski definition) is 0. The van der Waals surface area contributed by atoms with Gasteiger partial charge in [0.05, 0.1) is 10.6 Å². The molecule has 2 aromatic carbocycles. The minimum Gasteiger partial charge on any atom is -0.457 e. The fourth-order valence-electron chi connectivity index (χ4n) is 3.22. The standard InChI is InChI=1S/C22H14Cl2F3NO2S2/c1-29-20-19(11-15-6-8-18(30-15)16-7-5-13(23)10-17(16)24)32-21(31)28(20)14-4-2-3-12(9-14)22(25,26)27/h2-11,20H,1H3/b19-11-. The van der Waals surface area contributed by atoms with E-state index in [1.165, 1.54) is 24.9 Å². The average molecular weight is 516 g/mol. The van der Waals surface area contributed by atoms with Crippen molar-refractivity contribution >= 4 is 63.3 Å². The van der Waals surface area contributed by atoms with Gasteiger partial charge < -0.3 is 9.15 Å². The third-order valence-electron chi connectivity index (χ3n) is 4.66. The monoisotopic (exact) mass is 515 g/mol. The van der Waals surface area contributed by atoms with E-state index < -0.39 is 18.0 Å². The first-order chi connectivity index (χ1) is 15.2. The van der Waals surface area contributed by atoms with Gasteiger partial charge in [-0.15, -0.1) is 0 Å². The molecule has 0 spiro atoms. The van der Waals surface area contributed by atoms with E-state index in [2.05, 4.69) is 0 Å². The van der Waals surface area contributed by atoms with Gasteiger partial charge in [0.15, 0.2) is 6.23 Å². The zero-order valence-corrected chi connectivity index (χ0v) is 19.5. The lowest BCUT2D eigenvalue weighted by Gasteiger charge is -2.25. The van der Waals surface area contributed by atoms with Crippen molar-refractivity contribution in [1.29, 1.82) is 0 Å². The van der Waals surface area contributed by atoms with Crippen LogP contribution in [0.3, 0.4) is 0 Å². The van der Waals surface area contributed by atoms with Gasteiger partial charge in [-0.3, -0.25) is 4.90 Å². The minimum absolute atomic E-state index is 0.292. The second kappa shape index (κ2) is 9.11. The molecule has 0 saturated carbocycles. The van der Waals surface area contributed by atoms with E-state index in [0.717, 1.165) is 12.1 Å². The molecule has 0 radical (unpaired) electrons.